The molecule has 0 saturated carbocycles. The van der Waals surface area contributed by atoms with Gasteiger partial charge in [-0.05, 0) is 40.8 Å². The number of nitrogens with one attached hydrogen (secondary N) is 1. The maximum atomic E-state index is 11.6. The highest BCUT2D eigenvalue weighted by Gasteiger charge is 2.19. The number of hydrogen-bond acceptors (Lipinski definition) is 4. The van der Waals surface area contributed by atoms with Crippen LogP contribution in [0.2, 0.25) is 0 Å². The molecule has 0 heterocycles. The summed E-state index contributed by atoms with van der Waals surface area (Å²) in [5.74, 6) is -2.05. The molecule has 4 N–H and O–H groups in total. The van der Waals surface area contributed by atoms with Crippen LogP contribution in [-0.4, -0.2) is 39.8 Å². The topological polar surface area (TPSA) is 107 Å². The number of aliphatic carboxylic acids is 1. The summed E-state index contributed by atoms with van der Waals surface area (Å²) in [6.07, 6.45) is 0. The van der Waals surface area contributed by atoms with Crippen molar-refractivity contribution in [2.45, 2.75) is 6.04 Å². The Balaban J connectivity index is 2.82. The molecule has 0 aliphatic carbocycles. The number of aliphatic hydroxyl groups is 1. The van der Waals surface area contributed by atoms with Crippen LogP contribution in [0, 0.1) is 3.57 Å². The van der Waals surface area contributed by atoms with E-state index in [1.54, 1.807) is 0 Å². The van der Waals surface area contributed by atoms with Gasteiger partial charge in [0.05, 0.1) is 10.2 Å². The monoisotopic (exact) mass is 351 g/mol. The highest BCUT2D eigenvalue weighted by atomic mass is 127. The van der Waals surface area contributed by atoms with Gasteiger partial charge in [-0.2, -0.15) is 0 Å². The van der Waals surface area contributed by atoms with Crippen LogP contribution in [-0.2, 0) is 4.79 Å². The molecule has 17 heavy (non-hydrogen) atoms. The molecule has 0 radical (unpaired) electrons. The quantitative estimate of drug-likeness (QED) is 0.579. The lowest BCUT2D eigenvalue weighted by atomic mass is 10.2. The molecule has 1 amide bonds. The van der Waals surface area contributed by atoms with E-state index in [4.69, 9.17) is 10.2 Å². The number of phenolic OH excluding ortho intramolecular Hbond substituents is 1. The third-order valence-electron chi connectivity index (χ3n) is 1.99. The van der Waals surface area contributed by atoms with Gasteiger partial charge < -0.3 is 20.6 Å². The van der Waals surface area contributed by atoms with Gasteiger partial charge in [0.25, 0.3) is 5.91 Å². The van der Waals surface area contributed by atoms with Gasteiger partial charge in [0.1, 0.15) is 5.75 Å². The van der Waals surface area contributed by atoms with Crippen molar-refractivity contribution < 1.29 is 24.9 Å². The van der Waals surface area contributed by atoms with Gasteiger partial charge in [-0.15, -0.1) is 0 Å². The molecule has 0 bridgehead atoms. The molecule has 0 fully saturated rings. The Hall–Kier alpha value is -1.35. The minimum Gasteiger partial charge on any atom is -0.507 e. The average molecular weight is 351 g/mol. The molecular weight excluding hydrogens is 341 g/mol. The second-order valence-electron chi connectivity index (χ2n) is 3.21. The summed E-state index contributed by atoms with van der Waals surface area (Å²) in [4.78, 5) is 22.2. The van der Waals surface area contributed by atoms with Gasteiger partial charge in [-0.25, -0.2) is 4.79 Å². The molecule has 6 nitrogen and oxygen atoms in total. The van der Waals surface area contributed by atoms with Crippen molar-refractivity contribution in [3.8, 4) is 5.75 Å². The lowest BCUT2D eigenvalue weighted by Gasteiger charge is -2.11. The average Bonchev–Trinajstić information content (AvgIpc) is 2.28. The number of rotatable bonds is 4. The third kappa shape index (κ3) is 3.56. The molecule has 1 rings (SSSR count). The maximum Gasteiger partial charge on any atom is 0.328 e. The predicted molar refractivity (Wildman–Crippen MR) is 66.8 cm³/mol. The number of carboxylic acid groups (broad SMARTS) is 1. The van der Waals surface area contributed by atoms with Gasteiger partial charge in [-0.1, -0.05) is 0 Å². The van der Waals surface area contributed by atoms with E-state index in [-0.39, 0.29) is 11.3 Å². The lowest BCUT2D eigenvalue weighted by molar-refractivity contribution is -0.140. The van der Waals surface area contributed by atoms with E-state index in [0.29, 0.717) is 3.57 Å². The fourth-order valence-electron chi connectivity index (χ4n) is 1.08. The highest BCUT2D eigenvalue weighted by molar-refractivity contribution is 14.1. The van der Waals surface area contributed by atoms with Crippen LogP contribution >= 0.6 is 22.6 Å². The van der Waals surface area contributed by atoms with Gasteiger partial charge >= 0.3 is 5.97 Å². The minimum absolute atomic E-state index is 0.0610. The summed E-state index contributed by atoms with van der Waals surface area (Å²) in [5.41, 5.74) is 0.127. The zero-order valence-corrected chi connectivity index (χ0v) is 10.7. The van der Waals surface area contributed by atoms with Crippen molar-refractivity contribution in [3.05, 3.63) is 27.3 Å². The van der Waals surface area contributed by atoms with Crippen LogP contribution in [0.5, 0.6) is 5.75 Å². The van der Waals surface area contributed by atoms with Crippen molar-refractivity contribution in [2.75, 3.05) is 6.61 Å². The summed E-state index contributed by atoms with van der Waals surface area (Å²) in [5, 5.41) is 28.9. The molecule has 0 spiro atoms. The normalized spacial score (nSPS) is 11.9. The Morgan fingerprint density at radius 3 is 2.53 bits per heavy atom. The van der Waals surface area contributed by atoms with Crippen molar-refractivity contribution >= 4 is 34.5 Å². The summed E-state index contributed by atoms with van der Waals surface area (Å²) in [7, 11) is 0. The first kappa shape index (κ1) is 13.7. The van der Waals surface area contributed by atoms with Crippen LogP contribution in [0.3, 0.4) is 0 Å². The molecule has 92 valence electrons. The van der Waals surface area contributed by atoms with E-state index in [2.05, 4.69) is 5.32 Å². The number of benzene rings is 1. The molecule has 0 aliphatic heterocycles. The highest BCUT2D eigenvalue weighted by Crippen LogP contribution is 2.20. The third-order valence-corrected chi connectivity index (χ3v) is 2.91. The number of carbonyl (C=O) groups excluding carboxylic acids is 1. The summed E-state index contributed by atoms with van der Waals surface area (Å²) >= 11 is 1.89. The molecular formula is C10H10INO5. The summed E-state index contributed by atoms with van der Waals surface area (Å²) in [6, 6.07) is 2.85. The summed E-state index contributed by atoms with van der Waals surface area (Å²) < 4.78 is 0.580. The Morgan fingerprint density at radius 2 is 2.06 bits per heavy atom. The fourth-order valence-corrected chi connectivity index (χ4v) is 1.42. The van der Waals surface area contributed by atoms with Crippen LogP contribution in [0.25, 0.3) is 0 Å². The zero-order valence-electron chi connectivity index (χ0n) is 8.55. The SMILES string of the molecule is O=C(N[C@H](CO)C(=O)O)c1ccc(I)c(O)c1. The van der Waals surface area contributed by atoms with Crippen molar-refractivity contribution in [2.24, 2.45) is 0 Å². The smallest absolute Gasteiger partial charge is 0.328 e. The molecule has 0 aromatic heterocycles. The first-order valence-electron chi connectivity index (χ1n) is 4.58. The van der Waals surface area contributed by atoms with E-state index in [1.165, 1.54) is 18.2 Å². The Bertz CT molecular complexity index is 448. The molecule has 0 saturated heterocycles. The number of aromatic hydroxyl groups is 1. The molecule has 0 unspecified atom stereocenters. The molecule has 1 atom stereocenters. The van der Waals surface area contributed by atoms with E-state index in [0.717, 1.165) is 0 Å². The molecule has 0 aliphatic rings. The van der Waals surface area contributed by atoms with Crippen LogP contribution in [0.15, 0.2) is 18.2 Å². The molecule has 1 aromatic rings. The number of carboxylic acids is 1. The van der Waals surface area contributed by atoms with E-state index in [1.807, 2.05) is 22.6 Å². The van der Waals surface area contributed by atoms with E-state index in [9.17, 15) is 14.7 Å². The Labute approximate surface area is 110 Å². The summed E-state index contributed by atoms with van der Waals surface area (Å²) in [6.45, 7) is -0.697. The number of aliphatic hydroxyl groups excluding tert-OH is 1. The fraction of sp³-hybridized carbons (Fsp3) is 0.200. The van der Waals surface area contributed by atoms with Crippen molar-refractivity contribution in [1.29, 1.82) is 0 Å². The molecule has 1 aromatic carbocycles. The lowest BCUT2D eigenvalue weighted by Crippen LogP contribution is -2.43. The van der Waals surface area contributed by atoms with Crippen LogP contribution in [0.4, 0.5) is 0 Å². The first-order chi connectivity index (χ1) is 7.95. The number of hydrogen-bond donors (Lipinski definition) is 4. The number of carbonyl (C=O) groups is 2. The maximum absolute atomic E-state index is 11.6. The second-order valence-corrected chi connectivity index (χ2v) is 4.38. The second kappa shape index (κ2) is 5.82. The van der Waals surface area contributed by atoms with Crippen LogP contribution in [0.1, 0.15) is 10.4 Å². The Kier molecular flexibility index (Phi) is 4.70. The van der Waals surface area contributed by atoms with Crippen molar-refractivity contribution in [1.82, 2.24) is 5.32 Å². The van der Waals surface area contributed by atoms with Gasteiger partial charge in [0, 0.05) is 5.56 Å². The number of phenols is 1. The van der Waals surface area contributed by atoms with Gasteiger partial charge in [0.15, 0.2) is 6.04 Å². The minimum atomic E-state index is -1.36. The number of halogens is 1. The van der Waals surface area contributed by atoms with Gasteiger partial charge in [0.2, 0.25) is 0 Å². The predicted octanol–water partition coefficient (Wildman–Crippen LogP) is 0.172. The Morgan fingerprint density at radius 1 is 1.41 bits per heavy atom. The van der Waals surface area contributed by atoms with E-state index < -0.39 is 24.5 Å². The largest absolute Gasteiger partial charge is 0.507 e. The number of amides is 1. The first-order valence-corrected chi connectivity index (χ1v) is 5.66. The van der Waals surface area contributed by atoms with Crippen LogP contribution < -0.4 is 5.32 Å². The zero-order chi connectivity index (χ0) is 13.0. The standard InChI is InChI=1S/C10H10INO5/c11-6-2-1-5(3-8(6)14)9(15)12-7(4-13)10(16)17/h1-3,7,13-14H,4H2,(H,12,15)(H,16,17)/t7-/m1/s1. The molecule has 7 heteroatoms. The van der Waals surface area contributed by atoms with Crippen molar-refractivity contribution in [3.63, 3.8) is 0 Å². The van der Waals surface area contributed by atoms with Gasteiger partial charge in [-0.3, -0.25) is 4.79 Å². The van der Waals surface area contributed by atoms with E-state index >= 15 is 0 Å².